The van der Waals surface area contributed by atoms with Crippen LogP contribution in [-0.2, 0) is 0 Å². The molecule has 2 rings (SSSR count). The number of hydrogen-bond donors (Lipinski definition) is 2. The molecule has 0 spiro atoms. The van der Waals surface area contributed by atoms with E-state index < -0.39 is 11.9 Å². The minimum absolute atomic E-state index is 0.0561. The first-order chi connectivity index (χ1) is 7.61. The van der Waals surface area contributed by atoms with Crippen molar-refractivity contribution >= 4 is 15.9 Å². The van der Waals surface area contributed by atoms with E-state index in [0.29, 0.717) is 4.47 Å². The van der Waals surface area contributed by atoms with Gasteiger partial charge in [0.05, 0.1) is 4.47 Å². The van der Waals surface area contributed by atoms with E-state index in [1.54, 1.807) is 0 Å². The van der Waals surface area contributed by atoms with Gasteiger partial charge in [-0.1, -0.05) is 12.8 Å². The minimum Gasteiger partial charge on any atom is -0.506 e. The van der Waals surface area contributed by atoms with Crippen molar-refractivity contribution in [2.75, 3.05) is 0 Å². The largest absolute Gasteiger partial charge is 0.506 e. The molecule has 2 nitrogen and oxygen atoms in total. The predicted octanol–water partition coefficient (Wildman–Crippen LogP) is 3.48. The first-order valence-corrected chi connectivity index (χ1v) is 6.33. The molecule has 0 radical (unpaired) electrons. The summed E-state index contributed by atoms with van der Waals surface area (Å²) in [6.45, 7) is 0. The fraction of sp³-hybridized carbons (Fsp3) is 0.500. The Morgan fingerprint density at radius 1 is 1.38 bits per heavy atom. The third-order valence-corrected chi connectivity index (χ3v) is 4.00. The Bertz CT molecular complexity index is 391. The molecule has 1 fully saturated rings. The predicted molar refractivity (Wildman–Crippen MR) is 64.7 cm³/mol. The second kappa shape index (κ2) is 4.72. The van der Waals surface area contributed by atoms with Crippen LogP contribution in [0.3, 0.4) is 0 Å². The van der Waals surface area contributed by atoms with Crippen LogP contribution in [0.5, 0.6) is 5.75 Å². The molecule has 0 amide bonds. The van der Waals surface area contributed by atoms with Gasteiger partial charge in [-0.05, 0) is 46.8 Å². The van der Waals surface area contributed by atoms with Crippen LogP contribution in [-0.4, -0.2) is 5.11 Å². The number of halogens is 2. The van der Waals surface area contributed by atoms with Gasteiger partial charge in [-0.25, -0.2) is 4.39 Å². The number of aromatic hydroxyl groups is 1. The lowest BCUT2D eigenvalue weighted by Crippen LogP contribution is -2.20. The zero-order valence-corrected chi connectivity index (χ0v) is 10.5. The molecule has 1 saturated carbocycles. The summed E-state index contributed by atoms with van der Waals surface area (Å²) in [4.78, 5) is 0. The van der Waals surface area contributed by atoms with Crippen molar-refractivity contribution < 1.29 is 9.50 Å². The highest BCUT2D eigenvalue weighted by Gasteiger charge is 2.28. The maximum absolute atomic E-state index is 13.7. The van der Waals surface area contributed by atoms with Gasteiger partial charge in [0.15, 0.2) is 0 Å². The van der Waals surface area contributed by atoms with Crippen LogP contribution >= 0.6 is 15.9 Å². The Hall–Kier alpha value is -0.610. The maximum Gasteiger partial charge on any atom is 0.137 e. The lowest BCUT2D eigenvalue weighted by molar-refractivity contribution is 0.395. The highest BCUT2D eigenvalue weighted by atomic mass is 79.9. The van der Waals surface area contributed by atoms with Gasteiger partial charge in [-0.2, -0.15) is 0 Å². The van der Waals surface area contributed by atoms with Crippen molar-refractivity contribution in [1.29, 1.82) is 0 Å². The van der Waals surface area contributed by atoms with Crippen LogP contribution in [0.15, 0.2) is 16.6 Å². The smallest absolute Gasteiger partial charge is 0.137 e. The van der Waals surface area contributed by atoms with Crippen LogP contribution in [0.1, 0.15) is 37.3 Å². The summed E-state index contributed by atoms with van der Waals surface area (Å²) in [5, 5.41) is 9.84. The van der Waals surface area contributed by atoms with E-state index in [2.05, 4.69) is 15.9 Å². The molecule has 4 heteroatoms. The van der Waals surface area contributed by atoms with Crippen molar-refractivity contribution in [3.05, 3.63) is 28.0 Å². The molecule has 0 bridgehead atoms. The van der Waals surface area contributed by atoms with Crippen molar-refractivity contribution in [2.45, 2.75) is 31.7 Å². The minimum atomic E-state index is -0.417. The van der Waals surface area contributed by atoms with Crippen LogP contribution in [0, 0.1) is 11.7 Å². The lowest BCUT2D eigenvalue weighted by Gasteiger charge is -2.21. The lowest BCUT2D eigenvalue weighted by atomic mass is 9.91. The highest BCUT2D eigenvalue weighted by Crippen LogP contribution is 2.40. The van der Waals surface area contributed by atoms with Gasteiger partial charge in [0.25, 0.3) is 0 Å². The van der Waals surface area contributed by atoms with E-state index in [-0.39, 0.29) is 17.2 Å². The Kier molecular flexibility index (Phi) is 3.50. The summed E-state index contributed by atoms with van der Waals surface area (Å²) < 4.78 is 14.2. The number of benzene rings is 1. The first-order valence-electron chi connectivity index (χ1n) is 5.53. The number of phenols is 1. The van der Waals surface area contributed by atoms with Gasteiger partial charge in [0.1, 0.15) is 11.6 Å². The summed E-state index contributed by atoms with van der Waals surface area (Å²) in [7, 11) is 0. The Morgan fingerprint density at radius 2 is 2.00 bits per heavy atom. The Labute approximate surface area is 103 Å². The molecule has 3 N–H and O–H groups in total. The molecule has 0 aliphatic heterocycles. The van der Waals surface area contributed by atoms with Crippen LogP contribution < -0.4 is 5.73 Å². The van der Waals surface area contributed by atoms with Crippen LogP contribution in [0.2, 0.25) is 0 Å². The molecule has 16 heavy (non-hydrogen) atoms. The number of hydrogen-bond acceptors (Lipinski definition) is 2. The molecule has 1 atom stereocenters. The maximum atomic E-state index is 13.7. The third kappa shape index (κ3) is 2.09. The Balaban J connectivity index is 2.34. The van der Waals surface area contributed by atoms with E-state index in [9.17, 15) is 9.50 Å². The fourth-order valence-electron chi connectivity index (χ4n) is 2.43. The van der Waals surface area contributed by atoms with Crippen molar-refractivity contribution in [1.82, 2.24) is 0 Å². The molecule has 1 aromatic rings. The molecule has 1 aliphatic rings. The van der Waals surface area contributed by atoms with Gasteiger partial charge in [-0.15, -0.1) is 0 Å². The average molecular weight is 288 g/mol. The normalized spacial score (nSPS) is 18.9. The molecule has 1 aliphatic carbocycles. The molecule has 1 aromatic carbocycles. The molecule has 88 valence electrons. The van der Waals surface area contributed by atoms with Crippen LogP contribution in [0.25, 0.3) is 0 Å². The fourth-order valence-corrected chi connectivity index (χ4v) is 2.77. The van der Waals surface area contributed by atoms with E-state index in [4.69, 9.17) is 5.73 Å². The molecule has 0 aromatic heterocycles. The van der Waals surface area contributed by atoms with Gasteiger partial charge in [0.2, 0.25) is 0 Å². The monoisotopic (exact) mass is 287 g/mol. The summed E-state index contributed by atoms with van der Waals surface area (Å²) in [6, 6.07) is 2.43. The SMILES string of the molecule is N[C@H](c1c(F)ccc(Br)c1O)C1CCCC1. The molecule has 0 unspecified atom stereocenters. The molecule has 0 heterocycles. The van der Waals surface area contributed by atoms with Crippen LogP contribution in [0.4, 0.5) is 4.39 Å². The van der Waals surface area contributed by atoms with E-state index in [0.717, 1.165) is 25.7 Å². The van der Waals surface area contributed by atoms with Gasteiger partial charge >= 0.3 is 0 Å². The third-order valence-electron chi connectivity index (χ3n) is 3.36. The van der Waals surface area contributed by atoms with Gasteiger partial charge in [0, 0.05) is 11.6 Å². The quantitative estimate of drug-likeness (QED) is 0.875. The van der Waals surface area contributed by atoms with E-state index in [1.807, 2.05) is 0 Å². The summed E-state index contributed by atoms with van der Waals surface area (Å²) >= 11 is 3.18. The standard InChI is InChI=1S/C12H15BrFNO/c13-8-5-6-9(14)10(12(8)16)11(15)7-3-1-2-4-7/h5-7,11,16H,1-4,15H2/t11-/m0/s1. The van der Waals surface area contributed by atoms with E-state index >= 15 is 0 Å². The summed E-state index contributed by atoms with van der Waals surface area (Å²) in [6.07, 6.45) is 4.34. The first kappa shape index (κ1) is 11.9. The number of phenolic OH excluding ortho intramolecular Hbond substituents is 1. The summed E-state index contributed by atoms with van der Waals surface area (Å²) in [5.74, 6) is -0.186. The molecule has 0 saturated heterocycles. The molecular weight excluding hydrogens is 273 g/mol. The molecular formula is C12H15BrFNO. The zero-order valence-electron chi connectivity index (χ0n) is 8.92. The summed E-state index contributed by atoms with van der Waals surface area (Å²) in [5.41, 5.74) is 6.30. The zero-order chi connectivity index (χ0) is 11.7. The number of nitrogens with two attached hydrogens (primary N) is 1. The van der Waals surface area contributed by atoms with Gasteiger partial charge < -0.3 is 10.8 Å². The second-order valence-electron chi connectivity index (χ2n) is 4.36. The highest BCUT2D eigenvalue weighted by molar-refractivity contribution is 9.10. The van der Waals surface area contributed by atoms with E-state index in [1.165, 1.54) is 12.1 Å². The van der Waals surface area contributed by atoms with Crippen molar-refractivity contribution in [3.8, 4) is 5.75 Å². The number of rotatable bonds is 2. The Morgan fingerprint density at radius 3 is 2.62 bits per heavy atom. The topological polar surface area (TPSA) is 46.2 Å². The van der Waals surface area contributed by atoms with Crippen molar-refractivity contribution in [3.63, 3.8) is 0 Å². The second-order valence-corrected chi connectivity index (χ2v) is 5.22. The average Bonchev–Trinajstić information content (AvgIpc) is 2.77. The van der Waals surface area contributed by atoms with Gasteiger partial charge in [-0.3, -0.25) is 0 Å². The van der Waals surface area contributed by atoms with Crippen molar-refractivity contribution in [2.24, 2.45) is 11.7 Å².